The van der Waals surface area contributed by atoms with Crippen LogP contribution in [0.1, 0.15) is 63.6 Å². The number of aryl methyl sites for hydroxylation is 3. The van der Waals surface area contributed by atoms with Crippen molar-refractivity contribution in [1.29, 1.82) is 0 Å². The summed E-state index contributed by atoms with van der Waals surface area (Å²) in [5.41, 5.74) is 5.58. The predicted octanol–water partition coefficient (Wildman–Crippen LogP) is 4.29. The number of carbonyl (C=O) groups is 2. The number of amides is 1. The fraction of sp³-hybridized carbons (Fsp3) is 0.348. The topological polar surface area (TPSA) is 79.8 Å². The van der Waals surface area contributed by atoms with E-state index in [0.29, 0.717) is 17.7 Å². The number of aromatic nitrogens is 3. The Balaban J connectivity index is 1.34. The number of rotatable bonds is 3. The van der Waals surface area contributed by atoms with Crippen molar-refractivity contribution in [1.82, 2.24) is 14.5 Å². The van der Waals surface area contributed by atoms with Gasteiger partial charge >= 0.3 is 0 Å². The fourth-order valence-corrected chi connectivity index (χ4v) is 4.47. The maximum absolute atomic E-state index is 12.8. The van der Waals surface area contributed by atoms with Gasteiger partial charge in [0, 0.05) is 48.1 Å². The highest BCUT2D eigenvalue weighted by Crippen LogP contribution is 2.28. The first-order valence-electron chi connectivity index (χ1n) is 10.3. The molecule has 148 valence electrons. The molecule has 2 N–H and O–H groups in total. The zero-order valence-electron chi connectivity index (χ0n) is 16.5. The van der Waals surface area contributed by atoms with E-state index in [1.807, 2.05) is 31.2 Å². The van der Waals surface area contributed by atoms with Crippen LogP contribution in [0.3, 0.4) is 0 Å². The van der Waals surface area contributed by atoms with Gasteiger partial charge in [0.2, 0.25) is 0 Å². The molecule has 2 aliphatic rings. The average molecular weight is 388 g/mol. The van der Waals surface area contributed by atoms with Gasteiger partial charge in [0.05, 0.1) is 5.69 Å². The zero-order valence-corrected chi connectivity index (χ0v) is 16.5. The molecule has 0 saturated carbocycles. The number of H-pyrrole nitrogens is 1. The van der Waals surface area contributed by atoms with E-state index < -0.39 is 0 Å². The number of nitrogens with one attached hydrogen (secondary N) is 2. The zero-order chi connectivity index (χ0) is 20.0. The highest BCUT2D eigenvalue weighted by Gasteiger charge is 2.26. The first-order chi connectivity index (χ1) is 14.1. The van der Waals surface area contributed by atoms with Crippen LogP contribution in [0.2, 0.25) is 0 Å². The van der Waals surface area contributed by atoms with Gasteiger partial charge in [-0.05, 0) is 50.3 Å². The normalized spacial score (nSPS) is 15.7. The van der Waals surface area contributed by atoms with E-state index in [2.05, 4.69) is 21.1 Å². The molecule has 5 rings (SSSR count). The molecule has 1 amide bonds. The fourth-order valence-electron chi connectivity index (χ4n) is 4.47. The molecule has 0 spiro atoms. The van der Waals surface area contributed by atoms with E-state index in [0.717, 1.165) is 59.8 Å². The Kier molecular flexibility index (Phi) is 4.34. The van der Waals surface area contributed by atoms with Crippen molar-refractivity contribution >= 4 is 17.4 Å². The summed E-state index contributed by atoms with van der Waals surface area (Å²) < 4.78 is 2.24. The van der Waals surface area contributed by atoms with E-state index in [4.69, 9.17) is 4.98 Å². The maximum atomic E-state index is 12.8. The first-order valence-corrected chi connectivity index (χ1v) is 10.3. The van der Waals surface area contributed by atoms with Crippen LogP contribution in [0.15, 0.2) is 30.5 Å². The van der Waals surface area contributed by atoms with Crippen molar-refractivity contribution < 1.29 is 9.59 Å². The standard InChI is InChI=1S/C23H24N4O2/c1-14-21-17(5-4-6-19(21)28)26-22(14)23(29)24-16-10-8-15(9-11-16)18-13-27-12-3-2-7-20(27)25-18/h8-11,13,26H,2-7,12H2,1H3,(H,24,29). The summed E-state index contributed by atoms with van der Waals surface area (Å²) >= 11 is 0. The van der Waals surface area contributed by atoms with Gasteiger partial charge in [-0.15, -0.1) is 0 Å². The Labute approximate surface area is 169 Å². The minimum absolute atomic E-state index is 0.131. The summed E-state index contributed by atoms with van der Waals surface area (Å²) in [4.78, 5) is 32.9. The minimum Gasteiger partial charge on any atom is -0.354 e. The molecular formula is C23H24N4O2. The number of nitrogens with zero attached hydrogens (tertiary/aromatic N) is 2. The van der Waals surface area contributed by atoms with E-state index in [-0.39, 0.29) is 11.7 Å². The number of anilines is 1. The summed E-state index contributed by atoms with van der Waals surface area (Å²) in [5.74, 6) is 1.07. The number of hydrogen-bond donors (Lipinski definition) is 2. The second-order valence-corrected chi connectivity index (χ2v) is 7.98. The number of carbonyl (C=O) groups excluding carboxylic acids is 2. The second kappa shape index (κ2) is 7.03. The summed E-state index contributed by atoms with van der Waals surface area (Å²) in [7, 11) is 0. The van der Waals surface area contributed by atoms with E-state index in [1.54, 1.807) is 0 Å². The van der Waals surface area contributed by atoms with Crippen molar-refractivity contribution in [2.75, 3.05) is 5.32 Å². The predicted molar refractivity (Wildman–Crippen MR) is 111 cm³/mol. The largest absolute Gasteiger partial charge is 0.354 e. The third kappa shape index (κ3) is 3.18. The molecule has 1 aliphatic carbocycles. The number of aromatic amines is 1. The van der Waals surface area contributed by atoms with Crippen LogP contribution in [0.25, 0.3) is 11.3 Å². The highest BCUT2D eigenvalue weighted by molar-refractivity contribution is 6.08. The molecule has 1 aromatic carbocycles. The molecule has 2 aromatic heterocycles. The number of benzene rings is 1. The van der Waals surface area contributed by atoms with Crippen LogP contribution in [-0.2, 0) is 19.4 Å². The summed E-state index contributed by atoms with van der Waals surface area (Å²) in [6, 6.07) is 7.77. The van der Waals surface area contributed by atoms with Gasteiger partial charge in [0.25, 0.3) is 5.91 Å². The molecule has 6 nitrogen and oxygen atoms in total. The van der Waals surface area contributed by atoms with Crippen molar-refractivity contribution in [2.45, 2.75) is 52.0 Å². The van der Waals surface area contributed by atoms with Crippen LogP contribution in [-0.4, -0.2) is 26.2 Å². The monoisotopic (exact) mass is 388 g/mol. The lowest BCUT2D eigenvalue weighted by molar-refractivity contribution is 0.0971. The van der Waals surface area contributed by atoms with Crippen LogP contribution in [0.4, 0.5) is 5.69 Å². The van der Waals surface area contributed by atoms with Crippen LogP contribution in [0.5, 0.6) is 0 Å². The average Bonchev–Trinajstić information content (AvgIpc) is 3.30. The van der Waals surface area contributed by atoms with Crippen molar-refractivity contribution in [3.05, 3.63) is 58.8 Å². The number of imidazole rings is 1. The van der Waals surface area contributed by atoms with Gasteiger partial charge < -0.3 is 14.9 Å². The molecule has 0 bridgehead atoms. The maximum Gasteiger partial charge on any atom is 0.272 e. The van der Waals surface area contributed by atoms with Crippen molar-refractivity contribution in [2.24, 2.45) is 0 Å². The van der Waals surface area contributed by atoms with Gasteiger partial charge in [0.15, 0.2) is 5.78 Å². The third-order valence-corrected chi connectivity index (χ3v) is 6.01. The Morgan fingerprint density at radius 2 is 1.93 bits per heavy atom. The number of ketones is 1. The van der Waals surface area contributed by atoms with Crippen molar-refractivity contribution in [3.8, 4) is 11.3 Å². The van der Waals surface area contributed by atoms with Gasteiger partial charge in [-0.3, -0.25) is 9.59 Å². The molecule has 0 saturated heterocycles. The van der Waals surface area contributed by atoms with Crippen LogP contribution >= 0.6 is 0 Å². The molecule has 1 aliphatic heterocycles. The molecular weight excluding hydrogens is 364 g/mol. The quantitative estimate of drug-likeness (QED) is 0.702. The Hall–Kier alpha value is -3.15. The lowest BCUT2D eigenvalue weighted by Gasteiger charge is -2.11. The van der Waals surface area contributed by atoms with Crippen LogP contribution < -0.4 is 5.32 Å². The Bertz CT molecular complexity index is 1080. The number of Topliss-reactive ketones (excluding diaryl/α,β-unsaturated/α-hetero) is 1. The Morgan fingerprint density at radius 3 is 2.69 bits per heavy atom. The van der Waals surface area contributed by atoms with Gasteiger partial charge in [-0.1, -0.05) is 12.1 Å². The van der Waals surface area contributed by atoms with E-state index in [1.165, 1.54) is 12.8 Å². The van der Waals surface area contributed by atoms with Gasteiger partial charge in [-0.2, -0.15) is 0 Å². The van der Waals surface area contributed by atoms with Gasteiger partial charge in [0.1, 0.15) is 11.5 Å². The minimum atomic E-state index is -0.213. The SMILES string of the molecule is Cc1c(C(=O)Nc2ccc(-c3cn4c(n3)CCCC4)cc2)[nH]c2c1C(=O)CCC2. The number of fused-ring (bicyclic) bond motifs is 2. The summed E-state index contributed by atoms with van der Waals surface area (Å²) in [6.45, 7) is 2.88. The molecule has 0 radical (unpaired) electrons. The molecule has 6 heteroatoms. The second-order valence-electron chi connectivity index (χ2n) is 7.98. The Morgan fingerprint density at radius 1 is 1.10 bits per heavy atom. The lowest BCUT2D eigenvalue weighted by atomic mass is 9.94. The molecule has 0 unspecified atom stereocenters. The molecule has 3 heterocycles. The smallest absolute Gasteiger partial charge is 0.272 e. The van der Waals surface area contributed by atoms with Crippen molar-refractivity contribution in [3.63, 3.8) is 0 Å². The highest BCUT2D eigenvalue weighted by atomic mass is 16.2. The molecule has 3 aromatic rings. The lowest BCUT2D eigenvalue weighted by Crippen LogP contribution is -2.13. The van der Waals surface area contributed by atoms with E-state index in [9.17, 15) is 9.59 Å². The summed E-state index contributed by atoms with van der Waals surface area (Å²) in [5, 5.41) is 2.94. The first kappa shape index (κ1) is 17.9. The third-order valence-electron chi connectivity index (χ3n) is 6.01. The molecule has 29 heavy (non-hydrogen) atoms. The van der Waals surface area contributed by atoms with Gasteiger partial charge in [-0.25, -0.2) is 4.98 Å². The molecule has 0 fully saturated rings. The summed E-state index contributed by atoms with van der Waals surface area (Å²) in [6.07, 6.45) is 7.79. The van der Waals surface area contributed by atoms with Crippen LogP contribution in [0, 0.1) is 6.92 Å². The molecule has 0 atom stereocenters. The van der Waals surface area contributed by atoms with E-state index >= 15 is 0 Å². The number of hydrogen-bond acceptors (Lipinski definition) is 3.